The molecule has 1 saturated heterocycles. The smallest absolute Gasteiger partial charge is 0.287 e. The fourth-order valence-electron chi connectivity index (χ4n) is 4.15. The second kappa shape index (κ2) is 9.41. The van der Waals surface area contributed by atoms with E-state index < -0.39 is 12.0 Å². The Morgan fingerprint density at radius 2 is 1.93 bits per heavy atom. The van der Waals surface area contributed by atoms with Crippen molar-refractivity contribution in [1.82, 2.24) is 5.32 Å². The molecule has 0 aromatic heterocycles. The van der Waals surface area contributed by atoms with Crippen molar-refractivity contribution in [3.05, 3.63) is 65.2 Å². The molecule has 6 heteroatoms. The summed E-state index contributed by atoms with van der Waals surface area (Å²) in [4.78, 5) is 24.1. The van der Waals surface area contributed by atoms with Gasteiger partial charge in [-0.05, 0) is 36.5 Å². The van der Waals surface area contributed by atoms with E-state index >= 15 is 0 Å². The van der Waals surface area contributed by atoms with Crippen LogP contribution in [0.1, 0.15) is 42.1 Å². The zero-order chi connectivity index (χ0) is 20.9. The van der Waals surface area contributed by atoms with Gasteiger partial charge in [-0.25, -0.2) is 0 Å². The Bertz CT molecular complexity index is 899. The number of ether oxygens (including phenoxy) is 1. The Labute approximate surface area is 176 Å². The summed E-state index contributed by atoms with van der Waals surface area (Å²) in [6.45, 7) is 0.809. The van der Waals surface area contributed by atoms with Gasteiger partial charge in [0.2, 0.25) is 5.78 Å². The van der Waals surface area contributed by atoms with Crippen molar-refractivity contribution >= 4 is 17.4 Å². The van der Waals surface area contributed by atoms with Crippen LogP contribution in [-0.4, -0.2) is 42.1 Å². The fourth-order valence-corrected chi connectivity index (χ4v) is 4.15. The molecule has 2 aliphatic rings. The van der Waals surface area contributed by atoms with Crippen LogP contribution in [0.5, 0.6) is 0 Å². The van der Waals surface area contributed by atoms with Crippen LogP contribution >= 0.6 is 0 Å². The van der Waals surface area contributed by atoms with E-state index in [4.69, 9.17) is 4.74 Å². The lowest BCUT2D eigenvalue weighted by molar-refractivity contribution is -0.137. The molecule has 1 fully saturated rings. The lowest BCUT2D eigenvalue weighted by atomic mass is 9.88. The number of rotatable bonds is 8. The first-order valence-corrected chi connectivity index (χ1v) is 10.6. The van der Waals surface area contributed by atoms with Gasteiger partial charge in [0.25, 0.3) is 5.91 Å². The number of aliphatic hydroxyl groups excluding tert-OH is 1. The summed E-state index contributed by atoms with van der Waals surface area (Å²) >= 11 is 0. The summed E-state index contributed by atoms with van der Waals surface area (Å²) in [5.41, 5.74) is 4.38. The van der Waals surface area contributed by atoms with Crippen LogP contribution < -0.4 is 10.6 Å². The maximum Gasteiger partial charge on any atom is 0.287 e. The van der Waals surface area contributed by atoms with Gasteiger partial charge in [-0.15, -0.1) is 0 Å². The third-order valence-electron chi connectivity index (χ3n) is 5.87. The number of Topliss-reactive ketones (excluding diaryl/α,β-unsaturated/α-hetero) is 1. The number of aliphatic hydroxyl groups is 1. The fraction of sp³-hybridized carbons (Fsp3) is 0.417. The summed E-state index contributed by atoms with van der Waals surface area (Å²) in [5, 5.41) is 16.1. The second-order valence-electron chi connectivity index (χ2n) is 8.07. The third-order valence-corrected chi connectivity index (χ3v) is 5.87. The van der Waals surface area contributed by atoms with E-state index in [0.29, 0.717) is 26.0 Å². The van der Waals surface area contributed by atoms with Crippen LogP contribution in [0.3, 0.4) is 0 Å². The Morgan fingerprint density at radius 1 is 1.10 bits per heavy atom. The van der Waals surface area contributed by atoms with Crippen LogP contribution in [0.15, 0.2) is 48.5 Å². The van der Waals surface area contributed by atoms with Crippen molar-refractivity contribution in [2.45, 2.75) is 50.4 Å². The van der Waals surface area contributed by atoms with Gasteiger partial charge in [-0.1, -0.05) is 42.5 Å². The molecule has 2 aromatic rings. The van der Waals surface area contributed by atoms with Gasteiger partial charge < -0.3 is 20.5 Å². The average Bonchev–Trinajstić information content (AvgIpc) is 2.77. The molecule has 0 saturated carbocycles. The third kappa shape index (κ3) is 4.89. The molecule has 0 spiro atoms. The van der Waals surface area contributed by atoms with Crippen molar-refractivity contribution in [2.75, 3.05) is 18.5 Å². The molecule has 2 heterocycles. The number of hydrogen-bond donors (Lipinski definition) is 3. The highest BCUT2D eigenvalue weighted by atomic mass is 16.5. The van der Waals surface area contributed by atoms with Crippen LogP contribution in [-0.2, 0) is 27.2 Å². The van der Waals surface area contributed by atoms with Gasteiger partial charge in [0, 0.05) is 30.6 Å². The van der Waals surface area contributed by atoms with Gasteiger partial charge in [-0.2, -0.15) is 0 Å². The molecular formula is C24H28N2O4. The molecule has 6 nitrogen and oxygen atoms in total. The SMILES string of the molecule is O=C(CCCc1ccc2c(c1)[C@H]1C[C@H](N2)[C@H](O)CO1)C(=O)NCCc1ccccc1. The molecule has 2 aliphatic heterocycles. The summed E-state index contributed by atoms with van der Waals surface area (Å²) in [7, 11) is 0. The first-order chi connectivity index (χ1) is 14.6. The number of anilines is 1. The molecule has 0 aliphatic carbocycles. The first-order valence-electron chi connectivity index (χ1n) is 10.6. The molecule has 0 radical (unpaired) electrons. The van der Waals surface area contributed by atoms with Crippen molar-refractivity contribution in [2.24, 2.45) is 0 Å². The van der Waals surface area contributed by atoms with Crippen LogP contribution in [0.2, 0.25) is 0 Å². The topological polar surface area (TPSA) is 87.7 Å². The lowest BCUT2D eigenvalue weighted by Gasteiger charge is -2.40. The highest BCUT2D eigenvalue weighted by Crippen LogP contribution is 2.39. The Hall–Kier alpha value is -2.70. The Morgan fingerprint density at radius 3 is 2.77 bits per heavy atom. The quantitative estimate of drug-likeness (QED) is 0.585. The maximum atomic E-state index is 12.1. The van der Waals surface area contributed by atoms with Crippen LogP contribution in [0.4, 0.5) is 5.69 Å². The second-order valence-corrected chi connectivity index (χ2v) is 8.07. The summed E-state index contributed by atoms with van der Waals surface area (Å²) in [6.07, 6.45) is 2.61. The molecule has 30 heavy (non-hydrogen) atoms. The molecule has 2 aromatic carbocycles. The van der Waals surface area contributed by atoms with E-state index in [2.05, 4.69) is 16.7 Å². The minimum absolute atomic E-state index is 0.00613. The predicted octanol–water partition coefficient (Wildman–Crippen LogP) is 2.55. The van der Waals surface area contributed by atoms with Crippen LogP contribution in [0, 0.1) is 0 Å². The van der Waals surface area contributed by atoms with Crippen molar-refractivity contribution in [3.63, 3.8) is 0 Å². The summed E-state index contributed by atoms with van der Waals surface area (Å²) in [5.74, 6) is -0.865. The van der Waals surface area contributed by atoms with Crippen molar-refractivity contribution in [3.8, 4) is 0 Å². The minimum atomic E-state index is -0.499. The number of carbonyl (C=O) groups excluding carboxylic acids is 2. The predicted molar refractivity (Wildman–Crippen MR) is 114 cm³/mol. The number of fused-ring (bicyclic) bond motifs is 4. The zero-order valence-electron chi connectivity index (χ0n) is 17.0. The number of carbonyl (C=O) groups is 2. The molecular weight excluding hydrogens is 380 g/mol. The number of amides is 1. The Balaban J connectivity index is 1.22. The highest BCUT2D eigenvalue weighted by molar-refractivity contribution is 6.36. The van der Waals surface area contributed by atoms with E-state index in [9.17, 15) is 14.7 Å². The number of hydrogen-bond acceptors (Lipinski definition) is 5. The number of aryl methyl sites for hydroxylation is 1. The monoisotopic (exact) mass is 408 g/mol. The highest BCUT2D eigenvalue weighted by Gasteiger charge is 2.36. The van der Waals surface area contributed by atoms with Gasteiger partial charge in [-0.3, -0.25) is 9.59 Å². The molecule has 3 atom stereocenters. The van der Waals surface area contributed by atoms with E-state index in [1.54, 1.807) is 0 Å². The first kappa shape index (κ1) is 20.6. The molecule has 1 amide bonds. The zero-order valence-corrected chi connectivity index (χ0v) is 17.0. The van der Waals surface area contributed by atoms with Crippen LogP contribution in [0.25, 0.3) is 0 Å². The molecule has 4 rings (SSSR count). The molecule has 2 bridgehead atoms. The maximum absolute atomic E-state index is 12.1. The standard InChI is InChI=1S/C24H28N2O4/c27-21(24(29)25-12-11-16-5-2-1-3-6-16)8-4-7-17-9-10-19-18(13-17)23-14-20(26-19)22(28)15-30-23/h1-3,5-6,9-10,13,20,22-23,26,28H,4,7-8,11-12,14-15H2,(H,25,29)/t20-,22+,23+/m0/s1. The van der Waals surface area contributed by atoms with Gasteiger partial charge >= 0.3 is 0 Å². The Kier molecular flexibility index (Phi) is 6.45. The normalized spacial score (nSPS) is 22.0. The van der Waals surface area contributed by atoms with Gasteiger partial charge in [0.05, 0.1) is 24.9 Å². The molecule has 158 valence electrons. The van der Waals surface area contributed by atoms with E-state index in [1.807, 2.05) is 42.5 Å². The lowest BCUT2D eigenvalue weighted by Crippen LogP contribution is -2.45. The average molecular weight is 408 g/mol. The van der Waals surface area contributed by atoms with Gasteiger partial charge in [0.15, 0.2) is 0 Å². The molecule has 0 unspecified atom stereocenters. The van der Waals surface area contributed by atoms with Crippen molar-refractivity contribution < 1.29 is 19.4 Å². The summed E-state index contributed by atoms with van der Waals surface area (Å²) in [6, 6.07) is 16.1. The van der Waals surface area contributed by atoms with Crippen molar-refractivity contribution in [1.29, 1.82) is 0 Å². The van der Waals surface area contributed by atoms with E-state index in [1.165, 1.54) is 0 Å². The number of nitrogens with one attached hydrogen (secondary N) is 2. The minimum Gasteiger partial charge on any atom is -0.389 e. The number of benzene rings is 2. The van der Waals surface area contributed by atoms with E-state index in [0.717, 1.165) is 35.2 Å². The largest absolute Gasteiger partial charge is 0.389 e. The summed E-state index contributed by atoms with van der Waals surface area (Å²) < 4.78 is 5.79. The van der Waals surface area contributed by atoms with Gasteiger partial charge in [0.1, 0.15) is 0 Å². The molecule has 3 N–H and O–H groups in total. The van der Waals surface area contributed by atoms with E-state index in [-0.39, 0.29) is 24.3 Å². The number of ketones is 1.